The molecule has 2 heterocycles. The summed E-state index contributed by atoms with van der Waals surface area (Å²) in [5.41, 5.74) is 22.7. The number of nitrogens with zero attached hydrogens (tertiary/aromatic N) is 2. The van der Waals surface area contributed by atoms with E-state index < -0.39 is 0 Å². The number of benzene rings is 2. The molecule has 4 nitrogen and oxygen atoms in total. The number of anilines is 1. The number of fused-ring (bicyclic) bond motifs is 2. The van der Waals surface area contributed by atoms with E-state index in [1.54, 1.807) is 0 Å². The normalized spacial score (nSPS) is 21.4. The van der Waals surface area contributed by atoms with Crippen molar-refractivity contribution in [3.05, 3.63) is 107 Å². The zero-order valence-electron chi connectivity index (χ0n) is 24.2. The van der Waals surface area contributed by atoms with Crippen LogP contribution in [-0.2, 0) is 10.8 Å². The number of allylic oxidation sites excluding steroid dienone is 8. The molecule has 4 N–H and O–H groups in total. The summed E-state index contributed by atoms with van der Waals surface area (Å²) in [6, 6.07) is 17.6. The molecule has 0 spiro atoms. The smallest absolute Gasteiger partial charge is 0.209 e. The molecule has 4 heteroatoms. The summed E-state index contributed by atoms with van der Waals surface area (Å²) < 4.78 is 2.48. The minimum atomic E-state index is -0.0278. The predicted octanol–water partition coefficient (Wildman–Crippen LogP) is 6.64. The molecule has 0 unspecified atom stereocenters. The van der Waals surface area contributed by atoms with Crippen LogP contribution in [0.5, 0.6) is 0 Å². The second kappa shape index (κ2) is 11.1. The van der Waals surface area contributed by atoms with Crippen molar-refractivity contribution in [3.8, 4) is 0 Å². The summed E-state index contributed by atoms with van der Waals surface area (Å²) in [6.07, 6.45) is 15.9. The van der Waals surface area contributed by atoms with Crippen molar-refractivity contribution < 1.29 is 4.58 Å². The Morgan fingerprint density at radius 1 is 0.821 bits per heavy atom. The van der Waals surface area contributed by atoms with Crippen LogP contribution >= 0.6 is 0 Å². The fourth-order valence-corrected chi connectivity index (χ4v) is 6.57. The highest BCUT2D eigenvalue weighted by molar-refractivity contribution is 6.03. The highest BCUT2D eigenvalue weighted by Crippen LogP contribution is 2.47. The van der Waals surface area contributed by atoms with Gasteiger partial charge in [0.15, 0.2) is 12.3 Å². The van der Waals surface area contributed by atoms with Gasteiger partial charge in [-0.15, -0.1) is 0 Å². The van der Waals surface area contributed by atoms with Gasteiger partial charge in [0.25, 0.3) is 0 Å². The van der Waals surface area contributed by atoms with Crippen LogP contribution in [0.15, 0.2) is 95.8 Å². The van der Waals surface area contributed by atoms with Gasteiger partial charge in [-0.3, -0.25) is 0 Å². The minimum Gasteiger partial charge on any atom is -0.344 e. The second-order valence-electron chi connectivity index (χ2n) is 12.1. The monoisotopic (exact) mass is 521 g/mol. The number of rotatable bonds is 9. The van der Waals surface area contributed by atoms with Crippen LogP contribution in [0.25, 0.3) is 0 Å². The lowest BCUT2D eigenvalue weighted by molar-refractivity contribution is -0.437. The first-order valence-electron chi connectivity index (χ1n) is 14.6. The Bertz CT molecular complexity index is 1380. The number of para-hydroxylation sites is 2. The maximum absolute atomic E-state index is 5.89. The molecule has 2 aliphatic heterocycles. The van der Waals surface area contributed by atoms with Crippen molar-refractivity contribution in [2.75, 3.05) is 31.1 Å². The molecule has 0 aromatic heterocycles. The van der Waals surface area contributed by atoms with Crippen LogP contribution in [0.1, 0.15) is 64.5 Å². The third-order valence-corrected chi connectivity index (χ3v) is 8.75. The molecule has 3 aliphatic rings. The van der Waals surface area contributed by atoms with Crippen molar-refractivity contribution >= 4 is 17.1 Å². The van der Waals surface area contributed by atoms with Gasteiger partial charge in [0.1, 0.15) is 0 Å². The summed E-state index contributed by atoms with van der Waals surface area (Å²) >= 11 is 0. The van der Waals surface area contributed by atoms with E-state index in [0.717, 1.165) is 38.8 Å². The molecule has 2 aromatic rings. The van der Waals surface area contributed by atoms with Gasteiger partial charge < -0.3 is 16.4 Å². The van der Waals surface area contributed by atoms with Crippen LogP contribution in [0.3, 0.4) is 0 Å². The average molecular weight is 522 g/mol. The number of hydrogen-bond donors (Lipinski definition) is 2. The van der Waals surface area contributed by atoms with Crippen molar-refractivity contribution in [2.45, 2.75) is 64.2 Å². The van der Waals surface area contributed by atoms with E-state index in [1.165, 1.54) is 45.1 Å². The zero-order valence-corrected chi connectivity index (χ0v) is 24.2. The molecular weight excluding hydrogens is 476 g/mol. The highest BCUT2D eigenvalue weighted by atomic mass is 15.2. The topological polar surface area (TPSA) is 58.3 Å². The van der Waals surface area contributed by atoms with E-state index in [4.69, 9.17) is 11.5 Å². The van der Waals surface area contributed by atoms with E-state index in [2.05, 4.69) is 116 Å². The van der Waals surface area contributed by atoms with Crippen LogP contribution in [0.2, 0.25) is 0 Å². The fraction of sp³-hybridized carbons (Fsp3) is 0.400. The molecule has 5 rings (SSSR count). The molecule has 0 radical (unpaired) electrons. The quantitative estimate of drug-likeness (QED) is 0.364. The lowest BCUT2D eigenvalue weighted by Gasteiger charge is -2.27. The Morgan fingerprint density at radius 2 is 1.54 bits per heavy atom. The molecule has 39 heavy (non-hydrogen) atoms. The Hall–Kier alpha value is -3.21. The van der Waals surface area contributed by atoms with Crippen LogP contribution in [-0.4, -0.2) is 36.5 Å². The van der Waals surface area contributed by atoms with Crippen molar-refractivity contribution in [1.29, 1.82) is 0 Å². The van der Waals surface area contributed by atoms with Crippen molar-refractivity contribution in [3.63, 3.8) is 0 Å². The van der Waals surface area contributed by atoms with Gasteiger partial charge in [-0.1, -0.05) is 68.5 Å². The van der Waals surface area contributed by atoms with Crippen LogP contribution in [0.4, 0.5) is 11.4 Å². The standard InChI is InChI=1S/C35H45N4/c1-34(2)28-11-5-7-13-30(28)38(23-9-21-36)32(34)19-17-26-15-16-27(25-26)18-20-33-35(3,4)29-12-6-8-14-31(29)39(33)24-10-22-37/h5-8,11-14,17-20,25H,9-10,15-16,21-24,36-37H2,1-4H3/q+1. The predicted molar refractivity (Wildman–Crippen MR) is 166 cm³/mol. The molecule has 2 aromatic carbocycles. The SMILES string of the molecule is CC1(C)C(/C=C/C2=CC(=C/C=C3/N(CCCN)c4ccccc4C3(C)C)/CC2)=[N+](CCCN)c2ccccc21. The molecular formula is C35H45N4+. The van der Waals surface area contributed by atoms with Gasteiger partial charge in [0.05, 0.1) is 5.41 Å². The minimum absolute atomic E-state index is 0.0278. The molecule has 1 aliphatic carbocycles. The molecule has 0 amide bonds. The summed E-state index contributed by atoms with van der Waals surface area (Å²) in [4.78, 5) is 2.48. The van der Waals surface area contributed by atoms with E-state index >= 15 is 0 Å². The lowest BCUT2D eigenvalue weighted by Crippen LogP contribution is -2.28. The van der Waals surface area contributed by atoms with E-state index in [-0.39, 0.29) is 10.8 Å². The van der Waals surface area contributed by atoms with Gasteiger partial charge in [0.2, 0.25) is 5.69 Å². The molecule has 0 saturated heterocycles. The third kappa shape index (κ3) is 5.08. The Morgan fingerprint density at radius 3 is 2.31 bits per heavy atom. The third-order valence-electron chi connectivity index (χ3n) is 8.75. The van der Waals surface area contributed by atoms with Gasteiger partial charge in [-0.25, -0.2) is 0 Å². The van der Waals surface area contributed by atoms with Gasteiger partial charge in [-0.2, -0.15) is 4.58 Å². The molecule has 0 atom stereocenters. The summed E-state index contributed by atoms with van der Waals surface area (Å²) in [6.45, 7) is 12.7. The zero-order chi connectivity index (χ0) is 27.6. The maximum atomic E-state index is 5.89. The second-order valence-corrected chi connectivity index (χ2v) is 12.1. The van der Waals surface area contributed by atoms with Gasteiger partial charge >= 0.3 is 0 Å². The number of hydrogen-bond acceptors (Lipinski definition) is 3. The first kappa shape index (κ1) is 27.4. The molecule has 0 bridgehead atoms. The highest BCUT2D eigenvalue weighted by Gasteiger charge is 2.44. The van der Waals surface area contributed by atoms with E-state index in [0.29, 0.717) is 13.1 Å². The fourth-order valence-electron chi connectivity index (χ4n) is 6.57. The maximum Gasteiger partial charge on any atom is 0.209 e. The van der Waals surface area contributed by atoms with Gasteiger partial charge in [-0.05, 0) is 75.1 Å². The largest absolute Gasteiger partial charge is 0.344 e. The number of nitrogens with two attached hydrogens (primary N) is 2. The summed E-state index contributed by atoms with van der Waals surface area (Å²) in [7, 11) is 0. The van der Waals surface area contributed by atoms with Crippen LogP contribution < -0.4 is 16.4 Å². The first-order chi connectivity index (χ1) is 18.8. The first-order valence-corrected chi connectivity index (χ1v) is 14.6. The average Bonchev–Trinajstić information content (AvgIpc) is 3.54. The molecule has 0 fully saturated rings. The van der Waals surface area contributed by atoms with Crippen molar-refractivity contribution in [1.82, 2.24) is 0 Å². The van der Waals surface area contributed by atoms with E-state index in [1.807, 2.05) is 0 Å². The Kier molecular flexibility index (Phi) is 7.80. The summed E-state index contributed by atoms with van der Waals surface area (Å²) in [5.74, 6) is 0. The summed E-state index contributed by atoms with van der Waals surface area (Å²) in [5, 5.41) is 0. The molecule has 204 valence electrons. The van der Waals surface area contributed by atoms with E-state index in [9.17, 15) is 0 Å². The van der Waals surface area contributed by atoms with Crippen molar-refractivity contribution in [2.24, 2.45) is 11.5 Å². The van der Waals surface area contributed by atoms with Gasteiger partial charge in [0, 0.05) is 47.5 Å². The molecule has 0 saturated carbocycles. The Labute approximate surface area is 235 Å². The van der Waals surface area contributed by atoms with Crippen LogP contribution in [0, 0.1) is 0 Å². The Balaban J connectivity index is 1.41. The lowest BCUT2D eigenvalue weighted by atomic mass is 9.81.